The summed E-state index contributed by atoms with van der Waals surface area (Å²) in [5.41, 5.74) is -0.789. The Balaban J connectivity index is 2.61. The lowest BCUT2D eigenvalue weighted by molar-refractivity contribution is 0.0690. The number of nitrogens with zero attached hydrogens (tertiary/aromatic N) is 2. The Hall–Kier alpha value is -2.37. The lowest BCUT2D eigenvalue weighted by Gasteiger charge is -2.04. The zero-order chi connectivity index (χ0) is 12.4. The molecule has 0 aliphatic rings. The Bertz CT molecular complexity index is 567. The van der Waals surface area contributed by atoms with Gasteiger partial charge in [0.25, 0.3) is 0 Å². The highest BCUT2D eigenvalue weighted by Crippen LogP contribution is 2.23. The summed E-state index contributed by atoms with van der Waals surface area (Å²) in [6.45, 7) is 0. The van der Waals surface area contributed by atoms with Gasteiger partial charge in [0, 0.05) is 0 Å². The third-order valence-corrected chi connectivity index (χ3v) is 2.11. The van der Waals surface area contributed by atoms with Crippen LogP contribution >= 0.6 is 0 Å². The van der Waals surface area contributed by atoms with Crippen LogP contribution in [0, 0.1) is 11.6 Å². The van der Waals surface area contributed by atoms with Crippen LogP contribution in [0.3, 0.4) is 0 Å². The molecule has 2 rings (SSSR count). The van der Waals surface area contributed by atoms with Crippen molar-refractivity contribution in [3.8, 4) is 11.3 Å². The second-order valence-corrected chi connectivity index (χ2v) is 3.19. The summed E-state index contributed by atoms with van der Waals surface area (Å²) >= 11 is 0. The Labute approximate surface area is 94.6 Å². The number of hydrogen-bond acceptors (Lipinski definition) is 3. The van der Waals surface area contributed by atoms with Crippen molar-refractivity contribution in [2.24, 2.45) is 0 Å². The number of rotatable bonds is 2. The smallest absolute Gasteiger partial charge is 0.354 e. The maximum atomic E-state index is 13.4. The maximum absolute atomic E-state index is 13.4. The molecule has 0 aliphatic heterocycles. The summed E-state index contributed by atoms with van der Waals surface area (Å²) in [7, 11) is 0. The first-order chi connectivity index (χ1) is 8.09. The van der Waals surface area contributed by atoms with Crippen molar-refractivity contribution >= 4 is 5.97 Å². The SMILES string of the molecule is O=C(O)c1cc(-c2c(F)cccc2F)ncn1. The molecule has 0 amide bonds. The quantitative estimate of drug-likeness (QED) is 0.867. The molecule has 0 atom stereocenters. The molecule has 86 valence electrons. The fourth-order valence-corrected chi connectivity index (χ4v) is 1.35. The highest BCUT2D eigenvalue weighted by Gasteiger charge is 2.14. The van der Waals surface area contributed by atoms with Gasteiger partial charge in [0.15, 0.2) is 5.69 Å². The van der Waals surface area contributed by atoms with Gasteiger partial charge in [-0.1, -0.05) is 6.07 Å². The minimum Gasteiger partial charge on any atom is -0.477 e. The summed E-state index contributed by atoms with van der Waals surface area (Å²) in [4.78, 5) is 17.8. The molecular weight excluding hydrogens is 230 g/mol. The van der Waals surface area contributed by atoms with Crippen molar-refractivity contribution in [3.63, 3.8) is 0 Å². The van der Waals surface area contributed by atoms with E-state index < -0.39 is 17.6 Å². The first kappa shape index (κ1) is 11.1. The normalized spacial score (nSPS) is 10.2. The molecule has 1 heterocycles. The van der Waals surface area contributed by atoms with E-state index in [9.17, 15) is 13.6 Å². The van der Waals surface area contributed by atoms with E-state index in [-0.39, 0.29) is 17.0 Å². The molecule has 2 aromatic rings. The molecule has 0 saturated heterocycles. The van der Waals surface area contributed by atoms with Gasteiger partial charge in [0.1, 0.15) is 18.0 Å². The van der Waals surface area contributed by atoms with Crippen molar-refractivity contribution in [1.82, 2.24) is 9.97 Å². The molecule has 1 aromatic heterocycles. The average Bonchev–Trinajstić information content (AvgIpc) is 2.29. The van der Waals surface area contributed by atoms with Crippen LogP contribution in [0.2, 0.25) is 0 Å². The van der Waals surface area contributed by atoms with E-state index in [1.807, 2.05) is 0 Å². The van der Waals surface area contributed by atoms with Crippen molar-refractivity contribution < 1.29 is 18.7 Å². The lowest BCUT2D eigenvalue weighted by atomic mass is 10.1. The third kappa shape index (κ3) is 2.10. The summed E-state index contributed by atoms with van der Waals surface area (Å²) < 4.78 is 26.8. The Morgan fingerprint density at radius 3 is 2.41 bits per heavy atom. The molecular formula is C11H6F2N2O2. The Morgan fingerprint density at radius 1 is 1.18 bits per heavy atom. The Morgan fingerprint density at radius 2 is 1.82 bits per heavy atom. The van der Waals surface area contributed by atoms with Gasteiger partial charge in [-0.25, -0.2) is 23.5 Å². The maximum Gasteiger partial charge on any atom is 0.354 e. The molecule has 1 N–H and O–H groups in total. The molecule has 6 heteroatoms. The van der Waals surface area contributed by atoms with Gasteiger partial charge in [-0.15, -0.1) is 0 Å². The van der Waals surface area contributed by atoms with E-state index in [1.54, 1.807) is 0 Å². The van der Waals surface area contributed by atoms with Gasteiger partial charge in [-0.3, -0.25) is 0 Å². The second-order valence-electron chi connectivity index (χ2n) is 3.19. The van der Waals surface area contributed by atoms with Crippen LogP contribution in [0.1, 0.15) is 10.5 Å². The predicted molar refractivity (Wildman–Crippen MR) is 54.3 cm³/mol. The van der Waals surface area contributed by atoms with Crippen LogP contribution in [0.4, 0.5) is 8.78 Å². The minimum absolute atomic E-state index is 0.104. The van der Waals surface area contributed by atoms with Crippen LogP contribution in [0.15, 0.2) is 30.6 Å². The van der Waals surface area contributed by atoms with E-state index in [2.05, 4.69) is 9.97 Å². The van der Waals surface area contributed by atoms with Crippen molar-refractivity contribution in [3.05, 3.63) is 47.9 Å². The molecule has 4 nitrogen and oxygen atoms in total. The van der Waals surface area contributed by atoms with Crippen molar-refractivity contribution in [1.29, 1.82) is 0 Å². The molecule has 1 aromatic carbocycles. The first-order valence-electron chi connectivity index (χ1n) is 4.59. The monoisotopic (exact) mass is 236 g/mol. The molecule has 0 unspecified atom stereocenters. The van der Waals surface area contributed by atoms with E-state index in [0.29, 0.717) is 0 Å². The van der Waals surface area contributed by atoms with Gasteiger partial charge in [0.05, 0.1) is 11.3 Å². The summed E-state index contributed by atoms with van der Waals surface area (Å²) in [5.74, 6) is -2.90. The zero-order valence-corrected chi connectivity index (χ0v) is 8.39. The van der Waals surface area contributed by atoms with Crippen LogP contribution in [-0.2, 0) is 0 Å². The fourth-order valence-electron chi connectivity index (χ4n) is 1.35. The number of hydrogen-bond donors (Lipinski definition) is 1. The highest BCUT2D eigenvalue weighted by molar-refractivity contribution is 5.86. The van der Waals surface area contributed by atoms with Gasteiger partial charge in [-0.2, -0.15) is 0 Å². The number of carboxylic acids is 1. The lowest BCUT2D eigenvalue weighted by Crippen LogP contribution is -2.02. The number of halogens is 2. The van der Waals surface area contributed by atoms with Crippen LogP contribution in [0.5, 0.6) is 0 Å². The number of aromatic nitrogens is 2. The summed E-state index contributed by atoms with van der Waals surface area (Å²) in [5, 5.41) is 8.72. The van der Waals surface area contributed by atoms with Gasteiger partial charge >= 0.3 is 5.97 Å². The summed E-state index contributed by atoms with van der Waals surface area (Å²) in [6, 6.07) is 4.37. The zero-order valence-electron chi connectivity index (χ0n) is 8.39. The molecule has 0 aliphatic carbocycles. The van der Waals surface area contributed by atoms with E-state index in [4.69, 9.17) is 5.11 Å². The molecule has 0 fully saturated rings. The van der Waals surface area contributed by atoms with E-state index in [0.717, 1.165) is 24.5 Å². The largest absolute Gasteiger partial charge is 0.477 e. The van der Waals surface area contributed by atoms with E-state index >= 15 is 0 Å². The van der Waals surface area contributed by atoms with E-state index in [1.165, 1.54) is 6.07 Å². The van der Waals surface area contributed by atoms with Crippen molar-refractivity contribution in [2.75, 3.05) is 0 Å². The van der Waals surface area contributed by atoms with Crippen molar-refractivity contribution in [2.45, 2.75) is 0 Å². The van der Waals surface area contributed by atoms with Gasteiger partial charge in [-0.05, 0) is 18.2 Å². The second kappa shape index (κ2) is 4.25. The molecule has 17 heavy (non-hydrogen) atoms. The number of aromatic carboxylic acids is 1. The number of carboxylic acid groups (broad SMARTS) is 1. The minimum atomic E-state index is -1.29. The van der Waals surface area contributed by atoms with Crippen LogP contribution < -0.4 is 0 Å². The first-order valence-corrected chi connectivity index (χ1v) is 4.59. The molecule has 0 saturated carbocycles. The predicted octanol–water partition coefficient (Wildman–Crippen LogP) is 2.12. The van der Waals surface area contributed by atoms with Gasteiger partial charge in [0.2, 0.25) is 0 Å². The third-order valence-electron chi connectivity index (χ3n) is 2.11. The van der Waals surface area contributed by atoms with Crippen LogP contribution in [0.25, 0.3) is 11.3 Å². The Kier molecular flexibility index (Phi) is 2.78. The molecule has 0 bridgehead atoms. The average molecular weight is 236 g/mol. The fraction of sp³-hybridized carbons (Fsp3) is 0. The highest BCUT2D eigenvalue weighted by atomic mass is 19.1. The number of benzene rings is 1. The standard InChI is InChI=1S/C11H6F2N2O2/c12-6-2-1-3-7(13)10(6)8-4-9(11(16)17)15-5-14-8/h1-5H,(H,16,17). The van der Waals surface area contributed by atoms with Gasteiger partial charge < -0.3 is 5.11 Å². The molecule has 0 spiro atoms. The number of carbonyl (C=O) groups is 1. The van der Waals surface area contributed by atoms with Crippen LogP contribution in [-0.4, -0.2) is 21.0 Å². The summed E-state index contributed by atoms with van der Waals surface area (Å²) in [6.07, 6.45) is 0.949. The topological polar surface area (TPSA) is 63.1 Å². The molecule has 0 radical (unpaired) electrons.